The van der Waals surface area contributed by atoms with Crippen molar-refractivity contribution in [3.05, 3.63) is 112 Å². The predicted molar refractivity (Wildman–Crippen MR) is 148 cm³/mol. The van der Waals surface area contributed by atoms with E-state index in [1.165, 1.54) is 12.3 Å². The molecule has 2 amide bonds. The predicted octanol–water partition coefficient (Wildman–Crippen LogP) is 4.99. The first kappa shape index (κ1) is 28.4. The molecule has 210 valence electrons. The summed E-state index contributed by atoms with van der Waals surface area (Å²) in [6.07, 6.45) is 1.34. The Morgan fingerprint density at radius 1 is 0.951 bits per heavy atom. The van der Waals surface area contributed by atoms with Gasteiger partial charge in [-0.2, -0.15) is 0 Å². The molecule has 0 aliphatic carbocycles. The molecule has 1 aromatic heterocycles. The molecule has 1 atom stereocenters. The number of nitrogens with one attached hydrogen (secondary N) is 3. The Kier molecular flexibility index (Phi) is 8.63. The van der Waals surface area contributed by atoms with E-state index in [1.54, 1.807) is 37.3 Å². The Balaban J connectivity index is 1.39. The molecule has 0 fully saturated rings. The van der Waals surface area contributed by atoms with Gasteiger partial charge in [0.05, 0.1) is 23.4 Å². The summed E-state index contributed by atoms with van der Waals surface area (Å²) in [5.41, 5.74) is 7.07. The van der Waals surface area contributed by atoms with Gasteiger partial charge in [0, 0.05) is 28.9 Å². The molecule has 4 rings (SSSR count). The summed E-state index contributed by atoms with van der Waals surface area (Å²) in [5.74, 6) is -2.58. The van der Waals surface area contributed by atoms with Gasteiger partial charge in [-0.3, -0.25) is 30.6 Å². The van der Waals surface area contributed by atoms with Crippen LogP contribution < -0.4 is 16.2 Å². The van der Waals surface area contributed by atoms with Crippen molar-refractivity contribution in [2.24, 2.45) is 0 Å². The van der Waals surface area contributed by atoms with Crippen molar-refractivity contribution in [1.82, 2.24) is 10.9 Å². The highest BCUT2D eigenvalue weighted by Crippen LogP contribution is 2.28. The number of nitro groups is 1. The van der Waals surface area contributed by atoms with E-state index in [-0.39, 0.29) is 23.3 Å². The first-order valence-corrected chi connectivity index (χ1v) is 12.5. The van der Waals surface area contributed by atoms with Crippen LogP contribution in [0.1, 0.15) is 56.7 Å². The first-order chi connectivity index (χ1) is 19.7. The van der Waals surface area contributed by atoms with Crippen molar-refractivity contribution < 1.29 is 33.6 Å². The number of aromatic hydroxyl groups is 1. The van der Waals surface area contributed by atoms with Gasteiger partial charge >= 0.3 is 17.6 Å². The standard InChI is InChI=1S/C29H26N4O8/c1-3-40-29(37)20-8-11-22(12-9-20)30-17(2)18-4-6-19(7-5-18)23-14-15-41-26(23)28(36)32-31-27(35)21-10-13-25(34)24(16-21)33(38)39/h4-17,30,34H,3H2,1-2H3,(H,31,35)(H,32,36). The van der Waals surface area contributed by atoms with Gasteiger partial charge in [-0.25, -0.2) is 4.79 Å². The van der Waals surface area contributed by atoms with Gasteiger partial charge < -0.3 is 19.6 Å². The van der Waals surface area contributed by atoms with Crippen LogP contribution >= 0.6 is 0 Å². The third-order valence-electron chi connectivity index (χ3n) is 6.10. The number of furan rings is 1. The number of anilines is 1. The number of benzene rings is 3. The number of nitro benzene ring substituents is 1. The quantitative estimate of drug-likeness (QED) is 0.125. The van der Waals surface area contributed by atoms with Crippen molar-refractivity contribution in [3.63, 3.8) is 0 Å². The van der Waals surface area contributed by atoms with Crippen molar-refractivity contribution >= 4 is 29.2 Å². The average molecular weight is 559 g/mol. The van der Waals surface area contributed by atoms with Gasteiger partial charge in [0.25, 0.3) is 5.91 Å². The van der Waals surface area contributed by atoms with Crippen LogP contribution in [0.5, 0.6) is 5.75 Å². The molecule has 4 N–H and O–H groups in total. The van der Waals surface area contributed by atoms with E-state index in [0.29, 0.717) is 23.3 Å². The summed E-state index contributed by atoms with van der Waals surface area (Å²) >= 11 is 0. The van der Waals surface area contributed by atoms with Crippen LogP contribution in [0, 0.1) is 10.1 Å². The SMILES string of the molecule is CCOC(=O)c1ccc(NC(C)c2ccc(-c3ccoc3C(=O)NNC(=O)c3ccc(O)c([N+](=O)[O-])c3)cc2)cc1. The topological polar surface area (TPSA) is 173 Å². The minimum atomic E-state index is -0.827. The van der Waals surface area contributed by atoms with E-state index in [2.05, 4.69) is 16.2 Å². The van der Waals surface area contributed by atoms with Gasteiger partial charge in [0.2, 0.25) is 5.76 Å². The van der Waals surface area contributed by atoms with Gasteiger partial charge in [-0.05, 0) is 67.4 Å². The Morgan fingerprint density at radius 3 is 2.27 bits per heavy atom. The Labute approximate surface area is 234 Å². The largest absolute Gasteiger partial charge is 0.502 e. The molecule has 0 saturated carbocycles. The molecule has 41 heavy (non-hydrogen) atoms. The Morgan fingerprint density at radius 2 is 1.61 bits per heavy atom. The molecule has 1 heterocycles. The lowest BCUT2D eigenvalue weighted by Gasteiger charge is -2.16. The maximum atomic E-state index is 12.7. The second-order valence-corrected chi connectivity index (χ2v) is 8.82. The molecule has 3 aromatic carbocycles. The van der Waals surface area contributed by atoms with E-state index < -0.39 is 28.2 Å². The van der Waals surface area contributed by atoms with Gasteiger partial charge in [0.1, 0.15) is 0 Å². The number of rotatable bonds is 9. The van der Waals surface area contributed by atoms with Gasteiger partial charge in [-0.1, -0.05) is 24.3 Å². The van der Waals surface area contributed by atoms with Gasteiger partial charge in [-0.15, -0.1) is 0 Å². The Hall–Kier alpha value is -5.65. The van der Waals surface area contributed by atoms with E-state index in [1.807, 2.05) is 31.2 Å². The molecule has 1 unspecified atom stereocenters. The molecule has 0 spiro atoms. The molecule has 4 aromatic rings. The number of carbonyl (C=O) groups is 3. The Bertz CT molecular complexity index is 1580. The number of phenolic OH excluding ortho intramolecular Hbond substituents is 1. The van der Waals surface area contributed by atoms with Crippen LogP contribution in [0.2, 0.25) is 0 Å². The lowest BCUT2D eigenvalue weighted by molar-refractivity contribution is -0.385. The number of amides is 2. The number of nitrogens with zero attached hydrogens (tertiary/aromatic N) is 1. The van der Waals surface area contributed by atoms with Gasteiger partial charge in [0.15, 0.2) is 5.75 Å². The first-order valence-electron chi connectivity index (χ1n) is 12.5. The van der Waals surface area contributed by atoms with Crippen molar-refractivity contribution in [2.45, 2.75) is 19.9 Å². The number of hydrazine groups is 1. The fourth-order valence-corrected chi connectivity index (χ4v) is 3.97. The maximum Gasteiger partial charge on any atom is 0.338 e. The van der Waals surface area contributed by atoms with Crippen molar-refractivity contribution in [2.75, 3.05) is 11.9 Å². The zero-order valence-electron chi connectivity index (χ0n) is 22.0. The average Bonchev–Trinajstić information content (AvgIpc) is 3.46. The summed E-state index contributed by atoms with van der Waals surface area (Å²) in [7, 11) is 0. The summed E-state index contributed by atoms with van der Waals surface area (Å²) in [6.45, 7) is 4.04. The van der Waals surface area contributed by atoms with Crippen molar-refractivity contribution in [1.29, 1.82) is 0 Å². The molecule has 0 bridgehead atoms. The number of ether oxygens (including phenoxy) is 1. The highest BCUT2D eigenvalue weighted by Gasteiger charge is 2.20. The van der Waals surface area contributed by atoms with E-state index in [4.69, 9.17) is 9.15 Å². The number of esters is 1. The lowest BCUT2D eigenvalue weighted by atomic mass is 10.0. The number of phenols is 1. The van der Waals surface area contributed by atoms with Crippen LogP contribution in [-0.2, 0) is 4.74 Å². The third-order valence-corrected chi connectivity index (χ3v) is 6.10. The summed E-state index contributed by atoms with van der Waals surface area (Å²) in [6, 6.07) is 19.1. The van der Waals surface area contributed by atoms with Crippen LogP contribution in [0.3, 0.4) is 0 Å². The smallest absolute Gasteiger partial charge is 0.338 e. The molecular formula is C29H26N4O8. The molecular weight excluding hydrogens is 532 g/mol. The minimum absolute atomic E-state index is 0.0531. The molecule has 0 radical (unpaired) electrons. The van der Waals surface area contributed by atoms with E-state index in [9.17, 15) is 29.6 Å². The summed E-state index contributed by atoms with van der Waals surface area (Å²) in [5, 5.41) is 23.9. The van der Waals surface area contributed by atoms with Crippen molar-refractivity contribution in [3.8, 4) is 16.9 Å². The maximum absolute atomic E-state index is 12.7. The van der Waals surface area contributed by atoms with E-state index >= 15 is 0 Å². The molecule has 12 nitrogen and oxygen atoms in total. The number of hydrogen-bond acceptors (Lipinski definition) is 9. The monoisotopic (exact) mass is 558 g/mol. The summed E-state index contributed by atoms with van der Waals surface area (Å²) < 4.78 is 10.4. The number of carbonyl (C=O) groups excluding carboxylic acids is 3. The zero-order valence-corrected chi connectivity index (χ0v) is 22.0. The zero-order chi connectivity index (χ0) is 29.5. The van der Waals surface area contributed by atoms with E-state index in [0.717, 1.165) is 23.4 Å². The minimum Gasteiger partial charge on any atom is -0.502 e. The van der Waals surface area contributed by atoms with Crippen LogP contribution in [0.15, 0.2) is 83.5 Å². The highest BCUT2D eigenvalue weighted by atomic mass is 16.6. The van der Waals surface area contributed by atoms with Crippen LogP contribution in [0.25, 0.3) is 11.1 Å². The molecule has 12 heteroatoms. The molecule has 0 saturated heterocycles. The second-order valence-electron chi connectivity index (χ2n) is 8.82. The fraction of sp³-hybridized carbons (Fsp3) is 0.138. The normalized spacial score (nSPS) is 11.3. The fourth-order valence-electron chi connectivity index (χ4n) is 3.97. The second kappa shape index (κ2) is 12.5. The highest BCUT2D eigenvalue weighted by molar-refractivity contribution is 6.01. The van der Waals surface area contributed by atoms with Crippen LogP contribution in [-0.4, -0.2) is 34.4 Å². The third kappa shape index (κ3) is 6.68. The molecule has 0 aliphatic heterocycles. The number of hydrogen-bond donors (Lipinski definition) is 4. The lowest BCUT2D eigenvalue weighted by Crippen LogP contribution is -2.41. The summed E-state index contributed by atoms with van der Waals surface area (Å²) in [4.78, 5) is 47.1. The molecule has 0 aliphatic rings. The van der Waals surface area contributed by atoms with Crippen LogP contribution in [0.4, 0.5) is 11.4 Å².